The summed E-state index contributed by atoms with van der Waals surface area (Å²) in [5, 5.41) is 11.6. The molecule has 20 heavy (non-hydrogen) atoms. The maximum absolute atomic E-state index is 11.5. The summed E-state index contributed by atoms with van der Waals surface area (Å²) in [4.78, 5) is 22.6. The number of carboxylic acids is 1. The highest BCUT2D eigenvalue weighted by Gasteiger charge is 2.37. The van der Waals surface area contributed by atoms with E-state index in [2.05, 4.69) is 5.32 Å². The second kappa shape index (κ2) is 5.99. The Kier molecular flexibility index (Phi) is 5.01. The minimum absolute atomic E-state index is 0.0442. The quantitative estimate of drug-likeness (QED) is 0.792. The van der Waals surface area contributed by atoms with Gasteiger partial charge in [-0.2, -0.15) is 0 Å². The van der Waals surface area contributed by atoms with Crippen molar-refractivity contribution in [1.29, 1.82) is 0 Å². The fourth-order valence-electron chi connectivity index (χ4n) is 2.07. The van der Waals surface area contributed by atoms with Crippen molar-refractivity contribution in [2.45, 2.75) is 32.8 Å². The fraction of sp³-hybridized carbons (Fsp3) is 0.833. The maximum atomic E-state index is 11.5. The maximum Gasteiger partial charge on any atom is 0.407 e. The van der Waals surface area contributed by atoms with Crippen molar-refractivity contribution in [2.24, 2.45) is 11.8 Å². The van der Waals surface area contributed by atoms with E-state index >= 15 is 0 Å². The van der Waals surface area contributed by atoms with E-state index in [1.807, 2.05) is 0 Å². The molecular formula is C12H21NO6S. The van der Waals surface area contributed by atoms with Gasteiger partial charge in [0.05, 0.1) is 17.4 Å². The molecule has 116 valence electrons. The molecule has 0 saturated carbocycles. The number of ether oxygens (including phenoxy) is 1. The molecule has 1 amide bonds. The van der Waals surface area contributed by atoms with E-state index in [4.69, 9.17) is 9.84 Å². The molecule has 1 aliphatic rings. The Morgan fingerprint density at radius 3 is 2.45 bits per heavy atom. The summed E-state index contributed by atoms with van der Waals surface area (Å²) in [6.45, 7) is 5.26. The van der Waals surface area contributed by atoms with Crippen LogP contribution in [0.3, 0.4) is 0 Å². The highest BCUT2D eigenvalue weighted by molar-refractivity contribution is 7.91. The summed E-state index contributed by atoms with van der Waals surface area (Å²) in [5.74, 6) is -2.95. The minimum Gasteiger partial charge on any atom is -0.481 e. The summed E-state index contributed by atoms with van der Waals surface area (Å²) in [6.07, 6.45) is -0.398. The predicted octanol–water partition coefficient (Wildman–Crippen LogP) is 0.647. The van der Waals surface area contributed by atoms with Gasteiger partial charge in [-0.25, -0.2) is 13.2 Å². The van der Waals surface area contributed by atoms with Gasteiger partial charge in [0.25, 0.3) is 0 Å². The average Bonchev–Trinajstić information content (AvgIpc) is 2.24. The molecule has 8 heteroatoms. The Morgan fingerprint density at radius 2 is 1.95 bits per heavy atom. The lowest BCUT2D eigenvalue weighted by Crippen LogP contribution is -2.44. The molecule has 2 atom stereocenters. The first-order valence-electron chi connectivity index (χ1n) is 6.40. The van der Waals surface area contributed by atoms with Crippen molar-refractivity contribution >= 4 is 21.9 Å². The number of rotatable bonds is 3. The van der Waals surface area contributed by atoms with Crippen LogP contribution in [0.25, 0.3) is 0 Å². The molecule has 1 saturated heterocycles. The molecule has 0 radical (unpaired) electrons. The third-order valence-electron chi connectivity index (χ3n) is 3.03. The van der Waals surface area contributed by atoms with Crippen molar-refractivity contribution < 1.29 is 27.9 Å². The Hall–Kier alpha value is -1.31. The molecule has 0 aliphatic carbocycles. The average molecular weight is 307 g/mol. The number of aliphatic carboxylic acids is 1. The van der Waals surface area contributed by atoms with E-state index in [1.54, 1.807) is 20.8 Å². The van der Waals surface area contributed by atoms with E-state index in [1.165, 1.54) is 0 Å². The highest BCUT2D eigenvalue weighted by atomic mass is 32.2. The SMILES string of the molecule is CC(C)(C)OC(=O)NC[C@@H]1CCS(=O)(=O)C[C@@H]1C(=O)O. The molecule has 0 bridgehead atoms. The summed E-state index contributed by atoms with van der Waals surface area (Å²) in [5.41, 5.74) is -0.633. The van der Waals surface area contributed by atoms with E-state index in [0.29, 0.717) is 0 Å². The monoisotopic (exact) mass is 307 g/mol. The molecule has 1 fully saturated rings. The molecule has 7 nitrogen and oxygen atoms in total. The zero-order valence-corrected chi connectivity index (χ0v) is 12.7. The normalized spacial score (nSPS) is 25.8. The van der Waals surface area contributed by atoms with E-state index in [9.17, 15) is 18.0 Å². The first-order chi connectivity index (χ1) is 9.00. The van der Waals surface area contributed by atoms with E-state index in [-0.39, 0.29) is 24.5 Å². The number of hydrogen-bond donors (Lipinski definition) is 2. The van der Waals surface area contributed by atoms with Crippen LogP contribution in [-0.2, 0) is 19.4 Å². The van der Waals surface area contributed by atoms with Gasteiger partial charge in [0, 0.05) is 6.54 Å². The van der Waals surface area contributed by atoms with Crippen LogP contribution in [0.2, 0.25) is 0 Å². The predicted molar refractivity (Wildman–Crippen MR) is 72.1 cm³/mol. The summed E-state index contributed by atoms with van der Waals surface area (Å²) < 4.78 is 28.0. The third-order valence-corrected chi connectivity index (χ3v) is 4.75. The van der Waals surface area contributed by atoms with Gasteiger partial charge in [0.2, 0.25) is 0 Å². The Labute approximate surface area is 118 Å². The van der Waals surface area contributed by atoms with Crippen molar-refractivity contribution in [1.82, 2.24) is 5.32 Å². The van der Waals surface area contributed by atoms with Crippen molar-refractivity contribution in [3.63, 3.8) is 0 Å². The Balaban J connectivity index is 2.58. The zero-order chi connectivity index (χ0) is 15.6. The van der Waals surface area contributed by atoms with Crippen molar-refractivity contribution in [3.05, 3.63) is 0 Å². The van der Waals surface area contributed by atoms with Gasteiger partial charge < -0.3 is 15.2 Å². The summed E-state index contributed by atoms with van der Waals surface area (Å²) in [6, 6.07) is 0. The van der Waals surface area contributed by atoms with Gasteiger partial charge in [0.1, 0.15) is 5.60 Å². The Morgan fingerprint density at radius 1 is 1.35 bits per heavy atom. The largest absolute Gasteiger partial charge is 0.481 e. The number of carbonyl (C=O) groups is 2. The van der Waals surface area contributed by atoms with Gasteiger partial charge in [-0.3, -0.25) is 4.79 Å². The van der Waals surface area contributed by atoms with Crippen LogP contribution in [0.15, 0.2) is 0 Å². The number of carboxylic acid groups (broad SMARTS) is 1. The van der Waals surface area contributed by atoms with Gasteiger partial charge in [-0.05, 0) is 33.1 Å². The van der Waals surface area contributed by atoms with Gasteiger partial charge >= 0.3 is 12.1 Å². The molecule has 0 unspecified atom stereocenters. The molecule has 0 aromatic heterocycles. The third kappa shape index (κ3) is 5.36. The molecular weight excluding hydrogens is 286 g/mol. The molecule has 0 aromatic rings. The van der Waals surface area contributed by atoms with Crippen LogP contribution in [0, 0.1) is 11.8 Å². The Bertz CT molecular complexity index is 479. The topological polar surface area (TPSA) is 110 Å². The smallest absolute Gasteiger partial charge is 0.407 e. The number of carbonyl (C=O) groups excluding carboxylic acids is 1. The number of sulfone groups is 1. The number of alkyl carbamates (subject to hydrolysis) is 1. The molecule has 2 N–H and O–H groups in total. The lowest BCUT2D eigenvalue weighted by atomic mass is 9.91. The summed E-state index contributed by atoms with van der Waals surface area (Å²) in [7, 11) is -3.30. The molecule has 0 aromatic carbocycles. The van der Waals surface area contributed by atoms with Crippen molar-refractivity contribution in [3.8, 4) is 0 Å². The zero-order valence-electron chi connectivity index (χ0n) is 11.9. The molecule has 0 spiro atoms. The van der Waals surface area contributed by atoms with Crippen LogP contribution in [0.1, 0.15) is 27.2 Å². The highest BCUT2D eigenvalue weighted by Crippen LogP contribution is 2.25. The number of hydrogen-bond acceptors (Lipinski definition) is 5. The lowest BCUT2D eigenvalue weighted by Gasteiger charge is -2.29. The second-order valence-electron chi connectivity index (χ2n) is 5.99. The van der Waals surface area contributed by atoms with Crippen molar-refractivity contribution in [2.75, 3.05) is 18.1 Å². The fourth-order valence-corrected chi connectivity index (χ4v) is 3.86. The van der Waals surface area contributed by atoms with Gasteiger partial charge in [0.15, 0.2) is 9.84 Å². The van der Waals surface area contributed by atoms with Crippen LogP contribution in [0.5, 0.6) is 0 Å². The first kappa shape index (κ1) is 16.7. The van der Waals surface area contributed by atoms with Crippen LogP contribution in [0.4, 0.5) is 4.79 Å². The molecule has 1 aliphatic heterocycles. The van der Waals surface area contributed by atoms with Crippen LogP contribution < -0.4 is 5.32 Å². The van der Waals surface area contributed by atoms with Gasteiger partial charge in [-0.15, -0.1) is 0 Å². The minimum atomic E-state index is -3.30. The van der Waals surface area contributed by atoms with E-state index < -0.39 is 39.3 Å². The number of nitrogens with one attached hydrogen (secondary N) is 1. The standard InChI is InChI=1S/C12H21NO6S/c1-12(2,3)19-11(16)13-6-8-4-5-20(17,18)7-9(8)10(14)15/h8-9H,4-7H2,1-3H3,(H,13,16)(H,14,15)/t8-,9-/m0/s1. The second-order valence-corrected chi connectivity index (χ2v) is 8.22. The lowest BCUT2D eigenvalue weighted by molar-refractivity contribution is -0.143. The van der Waals surface area contributed by atoms with Crippen LogP contribution in [-0.4, -0.2) is 49.2 Å². The molecule has 1 heterocycles. The van der Waals surface area contributed by atoms with Crippen LogP contribution >= 0.6 is 0 Å². The summed E-state index contributed by atoms with van der Waals surface area (Å²) >= 11 is 0. The van der Waals surface area contributed by atoms with E-state index in [0.717, 1.165) is 0 Å². The first-order valence-corrected chi connectivity index (χ1v) is 8.22. The number of amides is 1. The van der Waals surface area contributed by atoms with Gasteiger partial charge in [-0.1, -0.05) is 0 Å². The molecule has 1 rings (SSSR count).